The molecule has 9 heavy (non-hydrogen) atoms. The molecular weight excluding hydrogens is 116 g/mol. The van der Waals surface area contributed by atoms with E-state index in [1.165, 1.54) is 0 Å². The number of rotatable bonds is 2. The van der Waals surface area contributed by atoms with Crippen LogP contribution in [0.2, 0.25) is 0 Å². The van der Waals surface area contributed by atoms with Crippen molar-refractivity contribution in [3.63, 3.8) is 0 Å². The van der Waals surface area contributed by atoms with Crippen LogP contribution in [0.1, 0.15) is 20.8 Å². The lowest BCUT2D eigenvalue weighted by Gasteiger charge is -2.02. The van der Waals surface area contributed by atoms with Crippen molar-refractivity contribution in [2.75, 3.05) is 0 Å². The summed E-state index contributed by atoms with van der Waals surface area (Å²) in [7, 11) is 0. The minimum Gasteiger partial charge on any atom is -0.481 e. The first-order chi connectivity index (χ1) is 4.09. The third kappa shape index (κ3) is 2.31. The Morgan fingerprint density at radius 3 is 2.00 bits per heavy atom. The molecule has 0 aromatic carbocycles. The van der Waals surface area contributed by atoms with Crippen LogP contribution in [-0.2, 0) is 4.79 Å². The van der Waals surface area contributed by atoms with Crippen LogP contribution in [0.5, 0.6) is 0 Å². The van der Waals surface area contributed by atoms with Gasteiger partial charge in [-0.3, -0.25) is 4.79 Å². The molecule has 1 N–H and O–H groups in total. The van der Waals surface area contributed by atoms with Gasteiger partial charge < -0.3 is 5.11 Å². The number of carbonyl (C=O) groups is 1. The zero-order valence-corrected chi connectivity index (χ0v) is 5.93. The maximum absolute atomic E-state index is 10.2. The molecule has 0 saturated carbocycles. The van der Waals surface area contributed by atoms with Crippen molar-refractivity contribution >= 4 is 5.97 Å². The first-order valence-electron chi connectivity index (χ1n) is 2.79. The van der Waals surface area contributed by atoms with Crippen LogP contribution < -0.4 is 0 Å². The molecule has 0 fully saturated rings. The van der Waals surface area contributed by atoms with Crippen LogP contribution >= 0.6 is 0 Å². The number of aliphatic carboxylic acids is 1. The fourth-order valence-corrected chi connectivity index (χ4v) is 0.385. The maximum atomic E-state index is 10.2. The van der Waals surface area contributed by atoms with Crippen LogP contribution in [0.15, 0.2) is 11.6 Å². The van der Waals surface area contributed by atoms with Crippen molar-refractivity contribution < 1.29 is 9.90 Å². The fourth-order valence-electron chi connectivity index (χ4n) is 0.385. The summed E-state index contributed by atoms with van der Waals surface area (Å²) in [6.45, 7) is 5.20. The maximum Gasteiger partial charge on any atom is 0.314 e. The molecule has 0 atom stereocenters. The van der Waals surface area contributed by atoms with Crippen LogP contribution in [0.3, 0.4) is 0 Å². The van der Waals surface area contributed by atoms with Crippen LogP contribution in [0.25, 0.3) is 0 Å². The van der Waals surface area contributed by atoms with Gasteiger partial charge in [0.05, 0.1) is 0 Å². The molecule has 0 amide bonds. The summed E-state index contributed by atoms with van der Waals surface area (Å²) in [5.41, 5.74) is 0.822. The highest BCUT2D eigenvalue weighted by molar-refractivity contribution is 5.86. The van der Waals surface area contributed by atoms with Gasteiger partial charge in [0.15, 0.2) is 0 Å². The van der Waals surface area contributed by atoms with Crippen LogP contribution in [-0.4, -0.2) is 11.1 Å². The van der Waals surface area contributed by atoms with E-state index in [4.69, 9.17) is 5.11 Å². The van der Waals surface area contributed by atoms with Crippen molar-refractivity contribution in [3.8, 4) is 0 Å². The van der Waals surface area contributed by atoms with Gasteiger partial charge in [-0.25, -0.2) is 0 Å². The van der Waals surface area contributed by atoms with Crippen LogP contribution in [0, 0.1) is 5.92 Å². The molecule has 0 aliphatic carbocycles. The number of allylic oxidation sites excluding steroid dienone is 1. The lowest BCUT2D eigenvalue weighted by atomic mass is 10.0. The Hall–Kier alpha value is -0.790. The standard InChI is InChI=1S/C7H11O2/c1-4-5(2)6(3)7(8)9/h4H,1-3H3,(H,8,9). The minimum atomic E-state index is -0.842. The number of carboxylic acids is 1. The predicted molar refractivity (Wildman–Crippen MR) is 36.0 cm³/mol. The molecule has 51 valence electrons. The van der Waals surface area contributed by atoms with E-state index < -0.39 is 5.97 Å². The molecule has 0 aliphatic heterocycles. The quantitative estimate of drug-likeness (QED) is 0.612. The summed E-state index contributed by atoms with van der Waals surface area (Å²) in [4.78, 5) is 10.2. The van der Waals surface area contributed by atoms with E-state index in [1.807, 2.05) is 6.92 Å². The average molecular weight is 127 g/mol. The van der Waals surface area contributed by atoms with Gasteiger partial charge in [-0.05, 0) is 20.8 Å². The summed E-state index contributed by atoms with van der Waals surface area (Å²) >= 11 is 0. The smallest absolute Gasteiger partial charge is 0.314 e. The van der Waals surface area contributed by atoms with Crippen molar-refractivity contribution in [1.29, 1.82) is 0 Å². The molecule has 0 aliphatic rings. The molecule has 0 unspecified atom stereocenters. The SMILES string of the molecule is CC=C(C)[C](C)C(=O)O. The highest BCUT2D eigenvalue weighted by atomic mass is 16.4. The van der Waals surface area contributed by atoms with E-state index in [1.54, 1.807) is 19.9 Å². The van der Waals surface area contributed by atoms with Crippen molar-refractivity contribution in [1.82, 2.24) is 0 Å². The van der Waals surface area contributed by atoms with E-state index >= 15 is 0 Å². The van der Waals surface area contributed by atoms with Gasteiger partial charge in [-0.1, -0.05) is 11.6 Å². The lowest BCUT2D eigenvalue weighted by Crippen LogP contribution is -2.07. The van der Waals surface area contributed by atoms with Gasteiger partial charge in [0.2, 0.25) is 0 Å². The van der Waals surface area contributed by atoms with E-state index in [0.29, 0.717) is 5.92 Å². The van der Waals surface area contributed by atoms with Crippen molar-refractivity contribution in [2.24, 2.45) is 0 Å². The van der Waals surface area contributed by atoms with Crippen molar-refractivity contribution in [2.45, 2.75) is 20.8 Å². The monoisotopic (exact) mass is 127 g/mol. The molecular formula is C7H11O2. The molecule has 0 aromatic heterocycles. The van der Waals surface area contributed by atoms with E-state index in [2.05, 4.69) is 0 Å². The van der Waals surface area contributed by atoms with Gasteiger partial charge in [0.1, 0.15) is 5.92 Å². The molecule has 2 heteroatoms. The fraction of sp³-hybridized carbons (Fsp3) is 0.429. The molecule has 0 bridgehead atoms. The summed E-state index contributed by atoms with van der Waals surface area (Å²) in [5, 5.41) is 8.41. The third-order valence-electron chi connectivity index (χ3n) is 1.35. The largest absolute Gasteiger partial charge is 0.481 e. The van der Waals surface area contributed by atoms with E-state index in [9.17, 15) is 4.79 Å². The Morgan fingerprint density at radius 2 is 1.89 bits per heavy atom. The van der Waals surface area contributed by atoms with E-state index in [-0.39, 0.29) is 0 Å². The second-order valence-electron chi connectivity index (χ2n) is 1.90. The first-order valence-corrected chi connectivity index (χ1v) is 2.79. The zero-order valence-electron chi connectivity index (χ0n) is 5.93. The highest BCUT2D eigenvalue weighted by Crippen LogP contribution is 2.10. The zero-order chi connectivity index (χ0) is 7.44. The summed E-state index contributed by atoms with van der Waals surface area (Å²) < 4.78 is 0. The third-order valence-corrected chi connectivity index (χ3v) is 1.35. The normalized spacial score (nSPS) is 12.2. The van der Waals surface area contributed by atoms with Gasteiger partial charge in [-0.15, -0.1) is 0 Å². The molecule has 0 rings (SSSR count). The first kappa shape index (κ1) is 8.21. The Kier molecular flexibility index (Phi) is 2.99. The summed E-state index contributed by atoms with van der Waals surface area (Å²) in [6.07, 6.45) is 1.78. The molecule has 0 spiro atoms. The average Bonchev–Trinajstić information content (AvgIpc) is 1.84. The topological polar surface area (TPSA) is 37.3 Å². The second kappa shape index (κ2) is 3.28. The Labute approximate surface area is 55.2 Å². The lowest BCUT2D eigenvalue weighted by molar-refractivity contribution is -0.134. The van der Waals surface area contributed by atoms with E-state index in [0.717, 1.165) is 5.57 Å². The molecule has 0 heterocycles. The van der Waals surface area contributed by atoms with Crippen LogP contribution in [0.4, 0.5) is 0 Å². The minimum absolute atomic E-state index is 0.414. The Balaban J connectivity index is 4.04. The Morgan fingerprint density at radius 1 is 1.44 bits per heavy atom. The Bertz CT molecular complexity index is 136. The van der Waals surface area contributed by atoms with Gasteiger partial charge in [-0.2, -0.15) is 0 Å². The van der Waals surface area contributed by atoms with Gasteiger partial charge >= 0.3 is 5.97 Å². The number of hydrogen-bond acceptors (Lipinski definition) is 1. The predicted octanol–water partition coefficient (Wildman–Crippen LogP) is 1.63. The number of carboxylic acid groups (broad SMARTS) is 1. The second-order valence-corrected chi connectivity index (χ2v) is 1.90. The number of hydrogen-bond donors (Lipinski definition) is 1. The van der Waals surface area contributed by atoms with Crippen molar-refractivity contribution in [3.05, 3.63) is 17.6 Å². The summed E-state index contributed by atoms with van der Waals surface area (Å²) in [6, 6.07) is 0. The van der Waals surface area contributed by atoms with Gasteiger partial charge in [0.25, 0.3) is 0 Å². The molecule has 1 radical (unpaired) electrons. The summed E-state index contributed by atoms with van der Waals surface area (Å²) in [5.74, 6) is -0.428. The van der Waals surface area contributed by atoms with Gasteiger partial charge in [0, 0.05) is 0 Å². The molecule has 0 saturated heterocycles. The molecule has 2 nitrogen and oxygen atoms in total. The highest BCUT2D eigenvalue weighted by Gasteiger charge is 2.11. The molecule has 0 aromatic rings.